The van der Waals surface area contributed by atoms with E-state index in [1.165, 1.54) is 5.56 Å². The standard InChI is InChI=1S/C25H24N4O3/c26-16-19-6-8-20(9-7-19)18-32-22-4-1-3-21(15-22)17-28-11-13-29(14-12-28)24-23(25(30)31)5-2-10-27-24/h1-10,15H,11-14,17-18H2,(H,30,31). The highest BCUT2D eigenvalue weighted by atomic mass is 16.5. The zero-order valence-corrected chi connectivity index (χ0v) is 17.6. The number of carbonyl (C=O) groups is 1. The largest absolute Gasteiger partial charge is 0.489 e. The molecule has 32 heavy (non-hydrogen) atoms. The number of rotatable bonds is 7. The van der Waals surface area contributed by atoms with Gasteiger partial charge in [-0.25, -0.2) is 9.78 Å². The highest BCUT2D eigenvalue weighted by Gasteiger charge is 2.22. The zero-order valence-electron chi connectivity index (χ0n) is 17.6. The second kappa shape index (κ2) is 9.94. The highest BCUT2D eigenvalue weighted by molar-refractivity contribution is 5.93. The fourth-order valence-corrected chi connectivity index (χ4v) is 3.77. The summed E-state index contributed by atoms with van der Waals surface area (Å²) in [4.78, 5) is 20.2. The minimum Gasteiger partial charge on any atom is -0.489 e. The second-order valence-electron chi connectivity index (χ2n) is 7.69. The molecule has 7 heteroatoms. The summed E-state index contributed by atoms with van der Waals surface area (Å²) in [6, 6.07) is 20.8. The molecule has 1 saturated heterocycles. The predicted octanol–water partition coefficient (Wildman–Crippen LogP) is 3.55. The third-order valence-corrected chi connectivity index (χ3v) is 5.48. The number of carboxylic acids is 1. The number of ether oxygens (including phenoxy) is 1. The first-order chi connectivity index (χ1) is 15.6. The molecule has 1 N–H and O–H groups in total. The van der Waals surface area contributed by atoms with Gasteiger partial charge in [0.25, 0.3) is 0 Å². The summed E-state index contributed by atoms with van der Waals surface area (Å²) in [5.41, 5.74) is 3.06. The average Bonchev–Trinajstić information content (AvgIpc) is 2.84. The van der Waals surface area contributed by atoms with Crippen molar-refractivity contribution < 1.29 is 14.6 Å². The van der Waals surface area contributed by atoms with Gasteiger partial charge in [-0.3, -0.25) is 4.90 Å². The molecule has 0 saturated carbocycles. The molecular weight excluding hydrogens is 404 g/mol. The molecule has 2 heterocycles. The van der Waals surface area contributed by atoms with Crippen molar-refractivity contribution in [1.29, 1.82) is 5.26 Å². The van der Waals surface area contributed by atoms with E-state index in [-0.39, 0.29) is 5.56 Å². The predicted molar refractivity (Wildman–Crippen MR) is 121 cm³/mol. The van der Waals surface area contributed by atoms with E-state index in [9.17, 15) is 9.90 Å². The number of aromatic carboxylic acids is 1. The van der Waals surface area contributed by atoms with Gasteiger partial charge >= 0.3 is 5.97 Å². The maximum absolute atomic E-state index is 11.5. The molecule has 0 radical (unpaired) electrons. The molecule has 4 rings (SSSR count). The van der Waals surface area contributed by atoms with E-state index in [2.05, 4.69) is 28.1 Å². The molecule has 1 aromatic heterocycles. The van der Waals surface area contributed by atoms with Crippen LogP contribution in [0.3, 0.4) is 0 Å². The van der Waals surface area contributed by atoms with Crippen LogP contribution in [0, 0.1) is 11.3 Å². The number of aromatic nitrogens is 1. The van der Waals surface area contributed by atoms with Crippen molar-refractivity contribution in [2.75, 3.05) is 31.1 Å². The van der Waals surface area contributed by atoms with Gasteiger partial charge in [0.15, 0.2) is 0 Å². The summed E-state index contributed by atoms with van der Waals surface area (Å²) in [5.74, 6) is 0.399. The smallest absolute Gasteiger partial charge is 0.339 e. The number of hydrogen-bond acceptors (Lipinski definition) is 6. The Hall–Kier alpha value is -3.89. The molecule has 0 aliphatic carbocycles. The summed E-state index contributed by atoms with van der Waals surface area (Å²) in [7, 11) is 0. The monoisotopic (exact) mass is 428 g/mol. The van der Waals surface area contributed by atoms with Gasteiger partial charge in [0.05, 0.1) is 11.6 Å². The first kappa shape index (κ1) is 21.3. The van der Waals surface area contributed by atoms with Gasteiger partial charge in [0, 0.05) is 38.9 Å². The summed E-state index contributed by atoms with van der Waals surface area (Å²) in [6.07, 6.45) is 1.64. The van der Waals surface area contributed by atoms with E-state index in [4.69, 9.17) is 10.00 Å². The van der Waals surface area contributed by atoms with E-state index in [0.29, 0.717) is 18.0 Å². The molecule has 0 atom stereocenters. The van der Waals surface area contributed by atoms with Gasteiger partial charge in [-0.05, 0) is 47.5 Å². The average molecular weight is 428 g/mol. The van der Waals surface area contributed by atoms with Crippen LogP contribution >= 0.6 is 0 Å². The molecule has 0 unspecified atom stereocenters. The zero-order chi connectivity index (χ0) is 22.3. The highest BCUT2D eigenvalue weighted by Crippen LogP contribution is 2.21. The van der Waals surface area contributed by atoms with E-state index < -0.39 is 5.97 Å². The number of anilines is 1. The van der Waals surface area contributed by atoms with Gasteiger partial charge in [-0.15, -0.1) is 0 Å². The Labute approximate surface area is 187 Å². The molecule has 1 fully saturated rings. The van der Waals surface area contributed by atoms with Crippen LogP contribution in [0.5, 0.6) is 5.75 Å². The fourth-order valence-electron chi connectivity index (χ4n) is 3.77. The normalized spacial score (nSPS) is 14.0. The Morgan fingerprint density at radius 2 is 1.81 bits per heavy atom. The first-order valence-corrected chi connectivity index (χ1v) is 10.5. The van der Waals surface area contributed by atoms with Crippen LogP contribution in [0.4, 0.5) is 5.82 Å². The molecule has 162 valence electrons. The van der Waals surface area contributed by atoms with Gasteiger partial charge in [0.1, 0.15) is 23.7 Å². The Morgan fingerprint density at radius 1 is 1.03 bits per heavy atom. The van der Waals surface area contributed by atoms with Crippen LogP contribution in [0.2, 0.25) is 0 Å². The minimum atomic E-state index is -0.951. The molecule has 7 nitrogen and oxygen atoms in total. The number of carboxylic acid groups (broad SMARTS) is 1. The number of nitrogens with zero attached hydrogens (tertiary/aromatic N) is 4. The Morgan fingerprint density at radius 3 is 2.53 bits per heavy atom. The fraction of sp³-hybridized carbons (Fsp3) is 0.240. The summed E-state index contributed by atoms with van der Waals surface area (Å²) in [5, 5.41) is 18.3. The van der Waals surface area contributed by atoms with Crippen molar-refractivity contribution in [1.82, 2.24) is 9.88 Å². The lowest BCUT2D eigenvalue weighted by Gasteiger charge is -2.35. The van der Waals surface area contributed by atoms with Gasteiger partial charge in [-0.2, -0.15) is 5.26 Å². The third kappa shape index (κ3) is 5.23. The van der Waals surface area contributed by atoms with Crippen molar-refractivity contribution in [3.05, 3.63) is 89.1 Å². The van der Waals surface area contributed by atoms with Gasteiger partial charge < -0.3 is 14.7 Å². The summed E-state index contributed by atoms with van der Waals surface area (Å²) < 4.78 is 5.93. The second-order valence-corrected chi connectivity index (χ2v) is 7.69. The van der Waals surface area contributed by atoms with E-state index in [1.54, 1.807) is 30.5 Å². The van der Waals surface area contributed by atoms with Crippen LogP contribution in [0.15, 0.2) is 66.9 Å². The Bertz CT molecular complexity index is 1120. The molecule has 3 aromatic rings. The van der Waals surface area contributed by atoms with Crippen LogP contribution in [-0.4, -0.2) is 47.1 Å². The third-order valence-electron chi connectivity index (χ3n) is 5.48. The van der Waals surface area contributed by atoms with Crippen LogP contribution in [-0.2, 0) is 13.2 Å². The number of benzene rings is 2. The number of hydrogen-bond donors (Lipinski definition) is 1. The summed E-state index contributed by atoms with van der Waals surface area (Å²) >= 11 is 0. The van der Waals surface area contributed by atoms with E-state index in [1.807, 2.05) is 29.2 Å². The Kier molecular flexibility index (Phi) is 6.63. The van der Waals surface area contributed by atoms with Crippen molar-refractivity contribution >= 4 is 11.8 Å². The molecule has 1 aliphatic heterocycles. The quantitative estimate of drug-likeness (QED) is 0.615. The number of nitriles is 1. The molecule has 0 bridgehead atoms. The molecule has 1 aliphatic rings. The van der Waals surface area contributed by atoms with E-state index in [0.717, 1.165) is 44.0 Å². The maximum Gasteiger partial charge on any atom is 0.339 e. The van der Waals surface area contributed by atoms with Crippen molar-refractivity contribution in [2.45, 2.75) is 13.2 Å². The Balaban J connectivity index is 1.32. The lowest BCUT2D eigenvalue weighted by molar-refractivity contribution is 0.0697. The molecule has 2 aromatic carbocycles. The SMILES string of the molecule is N#Cc1ccc(COc2cccc(CN3CCN(c4ncccc4C(=O)O)CC3)c2)cc1. The van der Waals surface area contributed by atoms with Crippen molar-refractivity contribution in [2.24, 2.45) is 0 Å². The van der Waals surface area contributed by atoms with Crippen molar-refractivity contribution in [3.8, 4) is 11.8 Å². The summed E-state index contributed by atoms with van der Waals surface area (Å²) in [6.45, 7) is 4.36. The van der Waals surface area contributed by atoms with Crippen LogP contribution in [0.25, 0.3) is 0 Å². The maximum atomic E-state index is 11.5. The van der Waals surface area contributed by atoms with E-state index >= 15 is 0 Å². The molecular formula is C25H24N4O3. The van der Waals surface area contributed by atoms with Crippen LogP contribution < -0.4 is 9.64 Å². The number of pyridine rings is 1. The number of piperazine rings is 1. The van der Waals surface area contributed by atoms with Gasteiger partial charge in [0.2, 0.25) is 0 Å². The lowest BCUT2D eigenvalue weighted by Crippen LogP contribution is -2.46. The van der Waals surface area contributed by atoms with Crippen LogP contribution in [0.1, 0.15) is 27.0 Å². The lowest BCUT2D eigenvalue weighted by atomic mass is 10.1. The topological polar surface area (TPSA) is 89.7 Å². The molecule has 0 spiro atoms. The molecule has 0 amide bonds. The minimum absolute atomic E-state index is 0.244. The first-order valence-electron chi connectivity index (χ1n) is 10.5. The van der Waals surface area contributed by atoms with Crippen molar-refractivity contribution in [3.63, 3.8) is 0 Å². The van der Waals surface area contributed by atoms with Gasteiger partial charge in [-0.1, -0.05) is 24.3 Å².